The van der Waals surface area contributed by atoms with Crippen molar-refractivity contribution in [2.75, 3.05) is 0 Å². The summed E-state index contributed by atoms with van der Waals surface area (Å²) < 4.78 is 0.712. The first-order chi connectivity index (χ1) is 8.90. The molecule has 0 bridgehead atoms. The Labute approximate surface area is 129 Å². The zero-order valence-corrected chi connectivity index (χ0v) is 13.6. The number of amides is 1. The molecule has 1 N–H and O–H groups in total. The predicted molar refractivity (Wildman–Crippen MR) is 81.8 cm³/mol. The maximum Gasteiger partial charge on any atom is 0.253 e. The minimum absolute atomic E-state index is 0.186. The average molecular weight is 360 g/mol. The lowest BCUT2D eigenvalue weighted by Gasteiger charge is -2.24. The lowest BCUT2D eigenvalue weighted by Crippen LogP contribution is -2.41. The van der Waals surface area contributed by atoms with E-state index < -0.39 is 5.54 Å². The molecule has 0 fully saturated rings. The smallest absolute Gasteiger partial charge is 0.253 e. The molecule has 19 heavy (non-hydrogen) atoms. The van der Waals surface area contributed by atoms with E-state index in [9.17, 15) is 4.79 Å². The second-order valence-corrected chi connectivity index (χ2v) is 6.73. The molecule has 0 aliphatic heterocycles. The van der Waals surface area contributed by atoms with Crippen molar-refractivity contribution in [3.63, 3.8) is 0 Å². The molecule has 0 aliphatic carbocycles. The highest BCUT2D eigenvalue weighted by atomic mass is 79.9. The molecule has 0 aliphatic rings. The molecular formula is C13H12BrClN2OS. The van der Waals surface area contributed by atoms with Crippen molar-refractivity contribution in [3.05, 3.63) is 49.8 Å². The van der Waals surface area contributed by atoms with Crippen LogP contribution in [0.15, 0.2) is 34.2 Å². The Morgan fingerprint density at radius 3 is 2.84 bits per heavy atom. The molecule has 0 radical (unpaired) electrons. The Hall–Kier alpha value is -0.910. The van der Waals surface area contributed by atoms with Gasteiger partial charge in [0, 0.05) is 21.1 Å². The summed E-state index contributed by atoms with van der Waals surface area (Å²) in [4.78, 5) is 16.5. The quantitative estimate of drug-likeness (QED) is 0.891. The average Bonchev–Trinajstić information content (AvgIpc) is 2.86. The van der Waals surface area contributed by atoms with E-state index in [1.807, 2.05) is 19.2 Å². The normalized spacial score (nSPS) is 11.4. The van der Waals surface area contributed by atoms with Crippen LogP contribution >= 0.6 is 38.9 Å². The fourth-order valence-electron chi connectivity index (χ4n) is 1.61. The van der Waals surface area contributed by atoms with Gasteiger partial charge in [0.1, 0.15) is 5.01 Å². The molecular weight excluding hydrogens is 348 g/mol. The molecule has 1 aromatic carbocycles. The Kier molecular flexibility index (Phi) is 4.28. The van der Waals surface area contributed by atoms with E-state index in [4.69, 9.17) is 11.6 Å². The third-order valence-electron chi connectivity index (χ3n) is 2.57. The van der Waals surface area contributed by atoms with E-state index in [2.05, 4.69) is 26.2 Å². The van der Waals surface area contributed by atoms with Crippen LogP contribution in [0.2, 0.25) is 5.02 Å². The summed E-state index contributed by atoms with van der Waals surface area (Å²) in [6.45, 7) is 3.84. The van der Waals surface area contributed by atoms with E-state index in [-0.39, 0.29) is 5.91 Å². The summed E-state index contributed by atoms with van der Waals surface area (Å²) in [6, 6.07) is 5.13. The van der Waals surface area contributed by atoms with Crippen molar-refractivity contribution in [2.45, 2.75) is 19.4 Å². The van der Waals surface area contributed by atoms with Gasteiger partial charge in [-0.3, -0.25) is 4.79 Å². The van der Waals surface area contributed by atoms with Crippen molar-refractivity contribution < 1.29 is 4.79 Å². The molecule has 100 valence electrons. The van der Waals surface area contributed by atoms with Gasteiger partial charge < -0.3 is 5.32 Å². The van der Waals surface area contributed by atoms with Gasteiger partial charge >= 0.3 is 0 Å². The van der Waals surface area contributed by atoms with Gasteiger partial charge in [0.25, 0.3) is 5.91 Å². The molecule has 1 heterocycles. The Bertz CT molecular complexity index is 599. The maximum atomic E-state index is 12.3. The van der Waals surface area contributed by atoms with Crippen molar-refractivity contribution in [1.29, 1.82) is 0 Å². The Balaban J connectivity index is 2.24. The number of rotatable bonds is 3. The van der Waals surface area contributed by atoms with E-state index in [0.717, 1.165) is 5.01 Å². The van der Waals surface area contributed by atoms with Crippen molar-refractivity contribution >= 4 is 44.8 Å². The van der Waals surface area contributed by atoms with Gasteiger partial charge in [0.15, 0.2) is 0 Å². The number of hydrogen-bond acceptors (Lipinski definition) is 3. The fourth-order valence-corrected chi connectivity index (χ4v) is 2.93. The molecule has 3 nitrogen and oxygen atoms in total. The van der Waals surface area contributed by atoms with Crippen LogP contribution in [-0.2, 0) is 5.54 Å². The Morgan fingerprint density at radius 2 is 2.21 bits per heavy atom. The van der Waals surface area contributed by atoms with Gasteiger partial charge in [-0.25, -0.2) is 4.98 Å². The molecule has 0 atom stereocenters. The van der Waals surface area contributed by atoms with E-state index >= 15 is 0 Å². The lowest BCUT2D eigenvalue weighted by atomic mass is 10.1. The molecule has 0 saturated heterocycles. The minimum Gasteiger partial charge on any atom is -0.341 e. The predicted octanol–water partition coefficient (Wildman–Crippen LogP) is 4.22. The summed E-state index contributed by atoms with van der Waals surface area (Å²) in [5.41, 5.74) is -0.00959. The first kappa shape index (κ1) is 14.5. The summed E-state index contributed by atoms with van der Waals surface area (Å²) in [5.74, 6) is -0.186. The second kappa shape index (κ2) is 5.61. The molecule has 1 amide bonds. The van der Waals surface area contributed by atoms with Gasteiger partial charge in [0.2, 0.25) is 0 Å². The number of thiazole rings is 1. The summed E-state index contributed by atoms with van der Waals surface area (Å²) >= 11 is 10.8. The van der Waals surface area contributed by atoms with Crippen molar-refractivity contribution in [1.82, 2.24) is 10.3 Å². The number of aromatic nitrogens is 1. The molecule has 1 aromatic heterocycles. The first-order valence-electron chi connectivity index (χ1n) is 5.58. The number of hydrogen-bond donors (Lipinski definition) is 1. The number of nitrogens with one attached hydrogen (secondary N) is 1. The Morgan fingerprint density at radius 1 is 1.47 bits per heavy atom. The van der Waals surface area contributed by atoms with Gasteiger partial charge in [0.05, 0.1) is 11.1 Å². The number of benzene rings is 1. The minimum atomic E-state index is -0.521. The highest BCUT2D eigenvalue weighted by Crippen LogP contribution is 2.25. The topological polar surface area (TPSA) is 42.0 Å². The first-order valence-corrected chi connectivity index (χ1v) is 7.63. The second-order valence-electron chi connectivity index (χ2n) is 4.54. The monoisotopic (exact) mass is 358 g/mol. The van der Waals surface area contributed by atoms with Gasteiger partial charge in [-0.1, -0.05) is 11.6 Å². The van der Waals surface area contributed by atoms with Gasteiger partial charge in [-0.2, -0.15) is 0 Å². The summed E-state index contributed by atoms with van der Waals surface area (Å²) in [5, 5.41) is 6.24. The van der Waals surface area contributed by atoms with Crippen LogP contribution in [-0.4, -0.2) is 10.9 Å². The van der Waals surface area contributed by atoms with E-state index in [1.165, 1.54) is 11.3 Å². The SMILES string of the molecule is CC(C)(NC(=O)c1cc(Cl)ccc1Br)c1nccs1. The van der Waals surface area contributed by atoms with Gasteiger partial charge in [-0.05, 0) is 48.0 Å². The molecule has 0 unspecified atom stereocenters. The number of halogens is 2. The van der Waals surface area contributed by atoms with E-state index in [0.29, 0.717) is 15.1 Å². The van der Waals surface area contributed by atoms with Gasteiger partial charge in [-0.15, -0.1) is 11.3 Å². The third kappa shape index (κ3) is 3.35. The summed E-state index contributed by atoms with van der Waals surface area (Å²) in [7, 11) is 0. The van der Waals surface area contributed by atoms with Crippen molar-refractivity contribution in [3.8, 4) is 0 Å². The van der Waals surface area contributed by atoms with Crippen LogP contribution in [0.25, 0.3) is 0 Å². The van der Waals surface area contributed by atoms with Crippen molar-refractivity contribution in [2.24, 2.45) is 0 Å². The standard InChI is InChI=1S/C13H12BrClN2OS/c1-13(2,12-16-5-6-19-12)17-11(18)9-7-8(15)3-4-10(9)14/h3-7H,1-2H3,(H,17,18). The molecule has 0 saturated carbocycles. The molecule has 2 aromatic rings. The molecule has 6 heteroatoms. The van der Waals surface area contributed by atoms with Crippen LogP contribution in [0.5, 0.6) is 0 Å². The van der Waals surface area contributed by atoms with Crippen LogP contribution in [0, 0.1) is 0 Å². The van der Waals surface area contributed by atoms with E-state index in [1.54, 1.807) is 24.4 Å². The molecule has 2 rings (SSSR count). The fraction of sp³-hybridized carbons (Fsp3) is 0.231. The van der Waals surface area contributed by atoms with Crippen LogP contribution in [0.1, 0.15) is 29.2 Å². The highest BCUT2D eigenvalue weighted by molar-refractivity contribution is 9.10. The number of carbonyl (C=O) groups excluding carboxylic acids is 1. The lowest BCUT2D eigenvalue weighted by molar-refractivity contribution is 0.0911. The van der Waals surface area contributed by atoms with Crippen LogP contribution in [0.3, 0.4) is 0 Å². The number of nitrogens with zero attached hydrogens (tertiary/aromatic N) is 1. The number of carbonyl (C=O) groups is 1. The highest BCUT2D eigenvalue weighted by Gasteiger charge is 2.26. The third-order valence-corrected chi connectivity index (χ3v) is 4.59. The van der Waals surface area contributed by atoms with Crippen LogP contribution in [0.4, 0.5) is 0 Å². The zero-order chi connectivity index (χ0) is 14.0. The largest absolute Gasteiger partial charge is 0.341 e. The maximum absolute atomic E-state index is 12.3. The zero-order valence-electron chi connectivity index (χ0n) is 10.4. The molecule has 0 spiro atoms. The van der Waals surface area contributed by atoms with Crippen LogP contribution < -0.4 is 5.32 Å². The summed E-state index contributed by atoms with van der Waals surface area (Å²) in [6.07, 6.45) is 1.73.